The van der Waals surface area contributed by atoms with Crippen molar-refractivity contribution in [2.45, 2.75) is 64.5 Å². The van der Waals surface area contributed by atoms with Crippen LogP contribution in [0.3, 0.4) is 0 Å². The molecular formula is C30H33N7O3S2. The molecule has 0 spiro atoms. The first kappa shape index (κ1) is 28.4. The molecule has 0 amide bonds. The van der Waals surface area contributed by atoms with Gasteiger partial charge in [-0.1, -0.05) is 0 Å². The molecule has 4 aromatic heterocycles. The molecule has 12 heteroatoms. The van der Waals surface area contributed by atoms with Gasteiger partial charge in [0.1, 0.15) is 28.4 Å². The Morgan fingerprint density at radius 2 is 1.76 bits per heavy atom. The number of nitrogens with one attached hydrogen (secondary N) is 1. The zero-order valence-electron chi connectivity index (χ0n) is 24.3. The van der Waals surface area contributed by atoms with E-state index in [1.165, 1.54) is 17.6 Å². The molecule has 1 aliphatic heterocycles. The van der Waals surface area contributed by atoms with Gasteiger partial charge in [0.15, 0.2) is 15.5 Å². The maximum absolute atomic E-state index is 13.0. The molecule has 1 aliphatic rings. The number of fused-ring (bicyclic) bond motifs is 1. The second-order valence-electron chi connectivity index (χ2n) is 10.8. The number of aromatic nitrogens is 6. The number of benzene rings is 1. The van der Waals surface area contributed by atoms with Crippen molar-refractivity contribution in [3.05, 3.63) is 70.1 Å². The Morgan fingerprint density at radius 3 is 2.45 bits per heavy atom. The maximum Gasteiger partial charge on any atom is 0.177 e. The molecule has 42 heavy (non-hydrogen) atoms. The summed E-state index contributed by atoms with van der Waals surface area (Å²) in [6.07, 6.45) is 4.52. The van der Waals surface area contributed by atoms with E-state index < -0.39 is 9.84 Å². The summed E-state index contributed by atoms with van der Waals surface area (Å²) in [6.45, 7) is 8.39. The summed E-state index contributed by atoms with van der Waals surface area (Å²) < 4.78 is 34.2. The summed E-state index contributed by atoms with van der Waals surface area (Å²) in [5.74, 6) is 1.49. The zero-order chi connectivity index (χ0) is 29.6. The van der Waals surface area contributed by atoms with E-state index in [1.807, 2.05) is 51.3 Å². The van der Waals surface area contributed by atoms with Crippen molar-refractivity contribution in [1.29, 1.82) is 0 Å². The average molecular weight is 604 g/mol. The third kappa shape index (κ3) is 5.79. The maximum atomic E-state index is 13.0. The van der Waals surface area contributed by atoms with Crippen LogP contribution in [0.5, 0.6) is 0 Å². The number of anilines is 2. The van der Waals surface area contributed by atoms with Gasteiger partial charge in [-0.3, -0.25) is 4.57 Å². The van der Waals surface area contributed by atoms with E-state index in [1.54, 1.807) is 12.1 Å². The Labute approximate surface area is 249 Å². The van der Waals surface area contributed by atoms with Crippen LogP contribution >= 0.6 is 11.3 Å². The third-order valence-corrected chi connectivity index (χ3v) is 9.37. The van der Waals surface area contributed by atoms with Crippen molar-refractivity contribution in [2.75, 3.05) is 18.2 Å². The third-order valence-electron chi connectivity index (χ3n) is 7.22. The number of rotatable bonds is 7. The lowest BCUT2D eigenvalue weighted by atomic mass is 10.1. The fraction of sp³-hybridized carbons (Fsp3) is 0.367. The Morgan fingerprint density at radius 1 is 0.952 bits per heavy atom. The van der Waals surface area contributed by atoms with Crippen LogP contribution in [0.15, 0.2) is 40.6 Å². The van der Waals surface area contributed by atoms with E-state index in [4.69, 9.17) is 14.7 Å². The summed E-state index contributed by atoms with van der Waals surface area (Å²) in [7, 11) is -3.58. The minimum Gasteiger partial charge on any atom is -0.358 e. The molecule has 1 aromatic carbocycles. The van der Waals surface area contributed by atoms with Gasteiger partial charge in [0.05, 0.1) is 27.7 Å². The van der Waals surface area contributed by atoms with Crippen LogP contribution in [0.1, 0.15) is 59.9 Å². The van der Waals surface area contributed by atoms with Gasteiger partial charge in [0.2, 0.25) is 0 Å². The van der Waals surface area contributed by atoms with E-state index in [9.17, 15) is 8.42 Å². The van der Waals surface area contributed by atoms with Gasteiger partial charge < -0.3 is 10.1 Å². The monoisotopic (exact) mass is 603 g/mol. The predicted molar refractivity (Wildman–Crippen MR) is 164 cm³/mol. The molecule has 1 N–H and O–H groups in total. The Balaban J connectivity index is 1.49. The van der Waals surface area contributed by atoms with Crippen LogP contribution in [-0.4, -0.2) is 50.8 Å². The molecular weight excluding hydrogens is 571 g/mol. The number of hydrogen-bond donors (Lipinski definition) is 1. The van der Waals surface area contributed by atoms with Crippen molar-refractivity contribution in [3.63, 3.8) is 0 Å². The van der Waals surface area contributed by atoms with Crippen LogP contribution in [0.25, 0.3) is 21.7 Å². The fourth-order valence-electron chi connectivity index (χ4n) is 5.45. The summed E-state index contributed by atoms with van der Waals surface area (Å²) in [5, 5.41) is 6.14. The number of sulfone groups is 1. The number of aryl methyl sites for hydroxylation is 4. The minimum absolute atomic E-state index is 0.157. The molecule has 1 atom stereocenters. The minimum atomic E-state index is -3.58. The SMILES string of the molecule is Cc1cc(Cc2cc(Nc3ccc(-c4nc(C)cs4)cc3S(C)(=O)=O)c3nc(C)n(C4CCCCO4)c3n2)nc(C)n1. The summed E-state index contributed by atoms with van der Waals surface area (Å²) in [4.78, 5) is 23.7. The van der Waals surface area contributed by atoms with Gasteiger partial charge in [-0.2, -0.15) is 0 Å². The lowest BCUT2D eigenvalue weighted by Crippen LogP contribution is -2.19. The van der Waals surface area contributed by atoms with Gasteiger partial charge in [0, 0.05) is 41.6 Å². The zero-order valence-corrected chi connectivity index (χ0v) is 25.9. The normalized spacial score (nSPS) is 15.8. The summed E-state index contributed by atoms with van der Waals surface area (Å²) in [5.41, 5.74) is 6.64. The molecule has 6 rings (SSSR count). The number of imidazole rings is 1. The Kier molecular flexibility index (Phi) is 7.54. The number of hydrogen-bond acceptors (Lipinski definition) is 10. The van der Waals surface area contributed by atoms with Crippen molar-refractivity contribution >= 4 is 43.7 Å². The number of ether oxygens (including phenoxy) is 1. The van der Waals surface area contributed by atoms with Crippen LogP contribution in [0.4, 0.5) is 11.4 Å². The van der Waals surface area contributed by atoms with Crippen molar-refractivity contribution in [3.8, 4) is 10.6 Å². The number of pyridine rings is 1. The quantitative estimate of drug-likeness (QED) is 0.238. The van der Waals surface area contributed by atoms with Crippen LogP contribution in [0, 0.1) is 27.7 Å². The van der Waals surface area contributed by atoms with Gasteiger partial charge in [-0.05, 0) is 77.3 Å². The fourth-order valence-corrected chi connectivity index (χ4v) is 7.10. The van der Waals surface area contributed by atoms with E-state index in [2.05, 4.69) is 24.8 Å². The van der Waals surface area contributed by atoms with Crippen molar-refractivity contribution in [2.24, 2.45) is 0 Å². The smallest absolute Gasteiger partial charge is 0.177 e. The van der Waals surface area contributed by atoms with Gasteiger partial charge in [-0.25, -0.2) is 33.3 Å². The van der Waals surface area contributed by atoms with E-state index in [-0.39, 0.29) is 11.1 Å². The lowest BCUT2D eigenvalue weighted by molar-refractivity contribution is -0.0309. The molecule has 0 bridgehead atoms. The molecule has 1 saturated heterocycles. The highest BCUT2D eigenvalue weighted by molar-refractivity contribution is 7.90. The molecule has 0 radical (unpaired) electrons. The van der Waals surface area contributed by atoms with E-state index in [0.29, 0.717) is 41.4 Å². The largest absolute Gasteiger partial charge is 0.358 e. The van der Waals surface area contributed by atoms with Gasteiger partial charge in [0.25, 0.3) is 0 Å². The summed E-state index contributed by atoms with van der Waals surface area (Å²) >= 11 is 1.49. The van der Waals surface area contributed by atoms with Crippen LogP contribution in [-0.2, 0) is 21.0 Å². The first-order valence-electron chi connectivity index (χ1n) is 13.9. The molecule has 218 valence electrons. The molecule has 5 aromatic rings. The predicted octanol–water partition coefficient (Wildman–Crippen LogP) is 6.02. The molecule has 1 unspecified atom stereocenters. The average Bonchev–Trinajstić information content (AvgIpc) is 3.51. The second kappa shape index (κ2) is 11.2. The van der Waals surface area contributed by atoms with E-state index >= 15 is 0 Å². The Hall–Kier alpha value is -3.74. The highest BCUT2D eigenvalue weighted by atomic mass is 32.2. The molecule has 10 nitrogen and oxygen atoms in total. The number of nitrogens with zero attached hydrogens (tertiary/aromatic N) is 6. The van der Waals surface area contributed by atoms with E-state index in [0.717, 1.165) is 58.4 Å². The standard InChI is InChI=1S/C30H33N7O3S2/c1-17-12-22(33-19(3)31-17)14-23-15-25(28-29(35-23)37(20(4)34-28)27-8-6-7-11-40-27)36-24-10-9-21(13-26(24)42(5,38)39)30-32-18(2)16-41-30/h9-10,12-13,15-16,27H,6-8,11,14H2,1-5H3,(H,35,36). The summed E-state index contributed by atoms with van der Waals surface area (Å²) in [6, 6.07) is 9.25. The van der Waals surface area contributed by atoms with Gasteiger partial charge >= 0.3 is 0 Å². The molecule has 5 heterocycles. The molecule has 1 fully saturated rings. The first-order chi connectivity index (χ1) is 20.0. The highest BCUT2D eigenvalue weighted by Gasteiger charge is 2.25. The molecule has 0 saturated carbocycles. The first-order valence-corrected chi connectivity index (χ1v) is 16.7. The Bertz CT molecular complexity index is 1890. The molecule has 0 aliphatic carbocycles. The van der Waals surface area contributed by atoms with Crippen molar-refractivity contribution in [1.82, 2.24) is 29.5 Å². The number of thiazole rings is 1. The second-order valence-corrected chi connectivity index (χ2v) is 13.7. The topological polar surface area (TPSA) is 125 Å². The van der Waals surface area contributed by atoms with Crippen LogP contribution < -0.4 is 5.32 Å². The lowest BCUT2D eigenvalue weighted by Gasteiger charge is -2.25. The van der Waals surface area contributed by atoms with Gasteiger partial charge in [-0.15, -0.1) is 11.3 Å². The van der Waals surface area contributed by atoms with Crippen molar-refractivity contribution < 1.29 is 13.2 Å². The highest BCUT2D eigenvalue weighted by Crippen LogP contribution is 2.36. The van der Waals surface area contributed by atoms with Crippen LogP contribution in [0.2, 0.25) is 0 Å².